The minimum atomic E-state index is 0.102. The van der Waals surface area contributed by atoms with Crippen LogP contribution in [0, 0.1) is 5.92 Å². The SMILES string of the molecule is CC(CN)CNC(=O)CCc1cc(Br)cs1. The minimum Gasteiger partial charge on any atom is -0.356 e. The molecule has 0 spiro atoms. The third-order valence-electron chi connectivity index (χ3n) is 2.27. The third-order valence-corrected chi connectivity index (χ3v) is 4.03. The van der Waals surface area contributed by atoms with Crippen molar-refractivity contribution in [2.45, 2.75) is 19.8 Å². The lowest BCUT2D eigenvalue weighted by Crippen LogP contribution is -2.31. The Morgan fingerprint density at radius 2 is 2.44 bits per heavy atom. The Hall–Kier alpha value is -0.390. The van der Waals surface area contributed by atoms with Crippen LogP contribution < -0.4 is 11.1 Å². The summed E-state index contributed by atoms with van der Waals surface area (Å²) in [6.45, 7) is 3.30. The zero-order valence-electron chi connectivity index (χ0n) is 9.33. The van der Waals surface area contributed by atoms with E-state index in [-0.39, 0.29) is 5.91 Å². The van der Waals surface area contributed by atoms with Crippen molar-refractivity contribution in [3.63, 3.8) is 0 Å². The number of nitrogens with one attached hydrogen (secondary N) is 1. The molecule has 1 aromatic rings. The van der Waals surface area contributed by atoms with Crippen LogP contribution in [0.25, 0.3) is 0 Å². The Kier molecular flexibility index (Phi) is 6.01. The average Bonchev–Trinajstić information content (AvgIpc) is 2.69. The van der Waals surface area contributed by atoms with Crippen LogP contribution in [-0.2, 0) is 11.2 Å². The van der Waals surface area contributed by atoms with E-state index in [0.29, 0.717) is 25.4 Å². The molecule has 1 heterocycles. The summed E-state index contributed by atoms with van der Waals surface area (Å²) in [6, 6.07) is 2.06. The molecular weight excluding hydrogens is 288 g/mol. The van der Waals surface area contributed by atoms with Crippen molar-refractivity contribution in [2.24, 2.45) is 11.7 Å². The number of carbonyl (C=O) groups is 1. The number of halogens is 1. The zero-order chi connectivity index (χ0) is 12.0. The van der Waals surface area contributed by atoms with Crippen LogP contribution in [-0.4, -0.2) is 19.0 Å². The van der Waals surface area contributed by atoms with E-state index in [2.05, 4.69) is 27.3 Å². The normalized spacial score (nSPS) is 12.4. The molecule has 0 radical (unpaired) electrons. The summed E-state index contributed by atoms with van der Waals surface area (Å²) in [4.78, 5) is 12.7. The predicted octanol–water partition coefficient (Wildman–Crippen LogP) is 2.15. The second-order valence-electron chi connectivity index (χ2n) is 3.88. The second-order valence-corrected chi connectivity index (χ2v) is 5.79. The molecule has 1 atom stereocenters. The van der Waals surface area contributed by atoms with Gasteiger partial charge in [-0.2, -0.15) is 0 Å². The maximum Gasteiger partial charge on any atom is 0.220 e. The fourth-order valence-corrected chi connectivity index (χ4v) is 2.64. The van der Waals surface area contributed by atoms with Crippen molar-refractivity contribution in [3.05, 3.63) is 20.8 Å². The molecule has 0 saturated carbocycles. The first-order chi connectivity index (χ1) is 7.61. The van der Waals surface area contributed by atoms with Gasteiger partial charge in [0.2, 0.25) is 5.91 Å². The van der Waals surface area contributed by atoms with Gasteiger partial charge in [0.05, 0.1) is 0 Å². The van der Waals surface area contributed by atoms with E-state index in [1.165, 1.54) is 4.88 Å². The highest BCUT2D eigenvalue weighted by Crippen LogP contribution is 2.20. The van der Waals surface area contributed by atoms with Gasteiger partial charge >= 0.3 is 0 Å². The lowest BCUT2D eigenvalue weighted by molar-refractivity contribution is -0.121. The summed E-state index contributed by atoms with van der Waals surface area (Å²) >= 11 is 5.07. The molecule has 1 amide bonds. The van der Waals surface area contributed by atoms with Crippen LogP contribution in [0.4, 0.5) is 0 Å². The number of aryl methyl sites for hydroxylation is 1. The monoisotopic (exact) mass is 304 g/mol. The maximum atomic E-state index is 11.5. The van der Waals surface area contributed by atoms with E-state index < -0.39 is 0 Å². The van der Waals surface area contributed by atoms with Crippen molar-refractivity contribution in [2.75, 3.05) is 13.1 Å². The zero-order valence-corrected chi connectivity index (χ0v) is 11.7. The van der Waals surface area contributed by atoms with Gasteiger partial charge < -0.3 is 11.1 Å². The van der Waals surface area contributed by atoms with E-state index in [4.69, 9.17) is 5.73 Å². The molecule has 90 valence electrons. The summed E-state index contributed by atoms with van der Waals surface area (Å²) in [5.41, 5.74) is 5.47. The molecule has 1 rings (SSSR count). The topological polar surface area (TPSA) is 55.1 Å². The first-order valence-electron chi connectivity index (χ1n) is 5.31. The molecule has 3 nitrogen and oxygen atoms in total. The highest BCUT2D eigenvalue weighted by Gasteiger charge is 2.05. The van der Waals surface area contributed by atoms with Crippen LogP contribution in [0.1, 0.15) is 18.2 Å². The van der Waals surface area contributed by atoms with Gasteiger partial charge in [-0.15, -0.1) is 11.3 Å². The van der Waals surface area contributed by atoms with Crippen molar-refractivity contribution in [3.8, 4) is 0 Å². The second kappa shape index (κ2) is 7.04. The van der Waals surface area contributed by atoms with Gasteiger partial charge in [-0.05, 0) is 40.9 Å². The molecule has 1 aromatic heterocycles. The molecular formula is C11H17BrN2OS. The van der Waals surface area contributed by atoms with Gasteiger partial charge in [0.1, 0.15) is 0 Å². The summed E-state index contributed by atoms with van der Waals surface area (Å²) < 4.78 is 1.09. The van der Waals surface area contributed by atoms with E-state index in [9.17, 15) is 4.79 Å². The first-order valence-corrected chi connectivity index (χ1v) is 6.98. The van der Waals surface area contributed by atoms with Crippen molar-refractivity contribution in [1.29, 1.82) is 0 Å². The van der Waals surface area contributed by atoms with Crippen LogP contribution in [0.15, 0.2) is 15.9 Å². The van der Waals surface area contributed by atoms with Crippen LogP contribution in [0.3, 0.4) is 0 Å². The number of hydrogen-bond donors (Lipinski definition) is 2. The first kappa shape index (κ1) is 13.7. The Balaban J connectivity index is 2.20. The molecule has 0 aliphatic carbocycles. The van der Waals surface area contributed by atoms with Gasteiger partial charge in [0.15, 0.2) is 0 Å². The Labute approximate surface area is 109 Å². The standard InChI is InChI=1S/C11H17BrN2OS/c1-8(5-13)6-14-11(15)3-2-10-4-9(12)7-16-10/h4,7-8H,2-3,5-6,13H2,1H3,(H,14,15). The summed E-state index contributed by atoms with van der Waals surface area (Å²) in [5, 5.41) is 4.92. The Bertz CT molecular complexity index is 340. The third kappa shape index (κ3) is 5.09. The molecule has 1 unspecified atom stereocenters. The van der Waals surface area contributed by atoms with Gasteiger partial charge in [0.25, 0.3) is 0 Å². The van der Waals surface area contributed by atoms with E-state index in [1.807, 2.05) is 12.3 Å². The van der Waals surface area contributed by atoms with Crippen LogP contribution in [0.5, 0.6) is 0 Å². The number of amides is 1. The highest BCUT2D eigenvalue weighted by molar-refractivity contribution is 9.10. The maximum absolute atomic E-state index is 11.5. The molecule has 0 bridgehead atoms. The molecule has 5 heteroatoms. The van der Waals surface area contributed by atoms with Gasteiger partial charge in [-0.1, -0.05) is 6.92 Å². The Morgan fingerprint density at radius 3 is 3.00 bits per heavy atom. The van der Waals surface area contributed by atoms with Gasteiger partial charge in [-0.3, -0.25) is 4.79 Å². The van der Waals surface area contributed by atoms with E-state index in [0.717, 1.165) is 10.9 Å². The number of rotatable bonds is 6. The average molecular weight is 305 g/mol. The molecule has 3 N–H and O–H groups in total. The lowest BCUT2D eigenvalue weighted by atomic mass is 10.2. The van der Waals surface area contributed by atoms with Gasteiger partial charge in [-0.25, -0.2) is 0 Å². The van der Waals surface area contributed by atoms with Gasteiger partial charge in [0, 0.05) is 27.7 Å². The summed E-state index contributed by atoms with van der Waals surface area (Å²) in [7, 11) is 0. The van der Waals surface area contributed by atoms with E-state index >= 15 is 0 Å². The quantitative estimate of drug-likeness (QED) is 0.846. The van der Waals surface area contributed by atoms with Crippen molar-refractivity contribution in [1.82, 2.24) is 5.32 Å². The molecule has 0 aliphatic rings. The van der Waals surface area contributed by atoms with Crippen LogP contribution in [0.2, 0.25) is 0 Å². The van der Waals surface area contributed by atoms with Crippen molar-refractivity contribution < 1.29 is 4.79 Å². The molecule has 0 aliphatic heterocycles. The fraction of sp³-hybridized carbons (Fsp3) is 0.545. The number of thiophene rings is 1. The summed E-state index contributed by atoms with van der Waals surface area (Å²) in [6.07, 6.45) is 1.35. The van der Waals surface area contributed by atoms with E-state index in [1.54, 1.807) is 11.3 Å². The van der Waals surface area contributed by atoms with Crippen molar-refractivity contribution >= 4 is 33.2 Å². The predicted molar refractivity (Wildman–Crippen MR) is 71.6 cm³/mol. The number of carbonyl (C=O) groups excluding carboxylic acids is 1. The minimum absolute atomic E-state index is 0.102. The highest BCUT2D eigenvalue weighted by atomic mass is 79.9. The largest absolute Gasteiger partial charge is 0.356 e. The molecule has 0 saturated heterocycles. The molecule has 16 heavy (non-hydrogen) atoms. The Morgan fingerprint density at radius 1 is 1.69 bits per heavy atom. The number of nitrogens with two attached hydrogens (primary N) is 1. The fourth-order valence-electron chi connectivity index (χ4n) is 1.18. The smallest absolute Gasteiger partial charge is 0.220 e. The summed E-state index contributed by atoms with van der Waals surface area (Å²) in [5.74, 6) is 0.449. The molecule has 0 aromatic carbocycles. The lowest BCUT2D eigenvalue weighted by Gasteiger charge is -2.09. The number of hydrogen-bond acceptors (Lipinski definition) is 3. The van der Waals surface area contributed by atoms with Crippen LogP contribution >= 0.6 is 27.3 Å². The molecule has 0 fully saturated rings.